The third-order valence-electron chi connectivity index (χ3n) is 7.41. The van der Waals surface area contributed by atoms with E-state index in [0.717, 1.165) is 30.4 Å². The van der Waals surface area contributed by atoms with Crippen molar-refractivity contribution in [1.29, 1.82) is 0 Å². The molecule has 7 nitrogen and oxygen atoms in total. The minimum Gasteiger partial charge on any atom is -0.356 e. The summed E-state index contributed by atoms with van der Waals surface area (Å²) < 4.78 is 30.0. The van der Waals surface area contributed by atoms with Crippen molar-refractivity contribution in [3.8, 4) is 0 Å². The van der Waals surface area contributed by atoms with Gasteiger partial charge in [-0.2, -0.15) is 4.31 Å². The van der Waals surface area contributed by atoms with E-state index in [2.05, 4.69) is 28.6 Å². The van der Waals surface area contributed by atoms with E-state index in [1.807, 2.05) is 18.3 Å². The Kier molecular flexibility index (Phi) is 7.76. The molecular formula is C25H38N4O3S. The van der Waals surface area contributed by atoms with Crippen molar-refractivity contribution in [2.75, 3.05) is 32.7 Å². The molecule has 0 radical (unpaired) electrons. The second-order valence-corrected chi connectivity index (χ2v) is 11.5. The van der Waals surface area contributed by atoms with Gasteiger partial charge >= 0.3 is 0 Å². The summed E-state index contributed by atoms with van der Waals surface area (Å²) in [5.41, 5.74) is 1.04. The first-order valence-electron chi connectivity index (χ1n) is 12.5. The number of amides is 1. The molecule has 2 aliphatic rings. The Bertz CT molecular complexity index is 1060. The molecule has 2 aromatic rings. The van der Waals surface area contributed by atoms with E-state index in [4.69, 9.17) is 0 Å². The van der Waals surface area contributed by atoms with Crippen LogP contribution in [0.25, 0.3) is 10.9 Å². The highest BCUT2D eigenvalue weighted by Gasteiger charge is 2.32. The van der Waals surface area contributed by atoms with E-state index in [9.17, 15) is 13.2 Å². The number of carbonyl (C=O) groups excluding carboxylic acids is 1. The van der Waals surface area contributed by atoms with E-state index >= 15 is 0 Å². The van der Waals surface area contributed by atoms with Gasteiger partial charge in [0, 0.05) is 61.8 Å². The van der Waals surface area contributed by atoms with E-state index in [-0.39, 0.29) is 11.8 Å². The molecule has 0 aliphatic carbocycles. The number of piperidine rings is 2. The minimum absolute atomic E-state index is 0.0704. The number of aryl methyl sites for hydroxylation is 1. The second kappa shape index (κ2) is 10.6. The Balaban J connectivity index is 1.26. The molecular weight excluding hydrogens is 436 g/mol. The van der Waals surface area contributed by atoms with Crippen LogP contribution in [0.5, 0.6) is 0 Å². The van der Waals surface area contributed by atoms with Gasteiger partial charge in [-0.1, -0.05) is 6.42 Å². The van der Waals surface area contributed by atoms with Gasteiger partial charge in [0.25, 0.3) is 0 Å². The van der Waals surface area contributed by atoms with Crippen LogP contribution in [0.1, 0.15) is 52.4 Å². The fourth-order valence-electron chi connectivity index (χ4n) is 5.25. The van der Waals surface area contributed by atoms with Gasteiger partial charge in [0.2, 0.25) is 15.9 Å². The Morgan fingerprint density at radius 1 is 1.09 bits per heavy atom. The van der Waals surface area contributed by atoms with Crippen LogP contribution in [0.4, 0.5) is 0 Å². The van der Waals surface area contributed by atoms with Gasteiger partial charge in [-0.25, -0.2) is 8.42 Å². The number of rotatable bonds is 8. The van der Waals surface area contributed by atoms with Gasteiger partial charge in [0.05, 0.1) is 4.90 Å². The highest BCUT2D eigenvalue weighted by Crippen LogP contribution is 2.27. The topological polar surface area (TPSA) is 74.6 Å². The van der Waals surface area contributed by atoms with Crippen molar-refractivity contribution in [2.45, 2.75) is 69.9 Å². The first kappa shape index (κ1) is 24.2. The molecule has 1 aromatic carbocycles. The zero-order valence-electron chi connectivity index (χ0n) is 20.0. The van der Waals surface area contributed by atoms with Crippen LogP contribution in [0.2, 0.25) is 0 Å². The summed E-state index contributed by atoms with van der Waals surface area (Å²) in [4.78, 5) is 15.5. The van der Waals surface area contributed by atoms with Gasteiger partial charge < -0.3 is 14.8 Å². The van der Waals surface area contributed by atoms with Gasteiger partial charge in [0.15, 0.2) is 0 Å². The molecule has 1 aromatic heterocycles. The predicted molar refractivity (Wildman–Crippen MR) is 132 cm³/mol. The molecule has 2 saturated heterocycles. The normalized spacial score (nSPS) is 21.5. The molecule has 1 atom stereocenters. The lowest BCUT2D eigenvalue weighted by Gasteiger charge is -2.33. The van der Waals surface area contributed by atoms with E-state index < -0.39 is 10.0 Å². The fraction of sp³-hybridized carbons (Fsp3) is 0.640. The third kappa shape index (κ3) is 5.44. The average molecular weight is 475 g/mol. The number of hydrogen-bond acceptors (Lipinski definition) is 4. The number of likely N-dealkylation sites (tertiary alicyclic amines) is 1. The summed E-state index contributed by atoms with van der Waals surface area (Å²) in [5.74, 6) is -0.0347. The van der Waals surface area contributed by atoms with E-state index in [1.54, 1.807) is 12.1 Å². The van der Waals surface area contributed by atoms with Crippen molar-refractivity contribution in [1.82, 2.24) is 19.1 Å². The van der Waals surface area contributed by atoms with Gasteiger partial charge in [0.1, 0.15) is 0 Å². The third-order valence-corrected chi connectivity index (χ3v) is 9.30. The number of sulfonamides is 1. The molecule has 1 N–H and O–H groups in total. The molecule has 0 spiro atoms. The van der Waals surface area contributed by atoms with Crippen LogP contribution in [-0.4, -0.2) is 66.9 Å². The summed E-state index contributed by atoms with van der Waals surface area (Å²) in [7, 11) is -3.55. The van der Waals surface area contributed by atoms with Crippen LogP contribution in [0.3, 0.4) is 0 Å². The Morgan fingerprint density at radius 2 is 1.88 bits per heavy atom. The number of hydrogen-bond donors (Lipinski definition) is 1. The lowest BCUT2D eigenvalue weighted by atomic mass is 9.97. The number of fused-ring (bicyclic) bond motifs is 1. The van der Waals surface area contributed by atoms with E-state index in [0.29, 0.717) is 43.4 Å². The summed E-state index contributed by atoms with van der Waals surface area (Å²) in [5, 5.41) is 4.02. The number of carbonyl (C=O) groups is 1. The summed E-state index contributed by atoms with van der Waals surface area (Å²) in [6.45, 7) is 8.88. The lowest BCUT2D eigenvalue weighted by Crippen LogP contribution is -2.43. The van der Waals surface area contributed by atoms with Gasteiger partial charge in [-0.15, -0.1) is 0 Å². The molecule has 0 unspecified atom stereocenters. The lowest BCUT2D eigenvalue weighted by molar-refractivity contribution is -0.126. The summed E-state index contributed by atoms with van der Waals surface area (Å²) >= 11 is 0. The van der Waals surface area contributed by atoms with Crippen LogP contribution < -0.4 is 5.32 Å². The number of nitrogens with zero attached hydrogens (tertiary/aromatic N) is 3. The maximum Gasteiger partial charge on any atom is 0.243 e. The molecule has 0 bridgehead atoms. The molecule has 3 heterocycles. The molecule has 0 saturated carbocycles. The average Bonchev–Trinajstić information content (AvgIpc) is 3.25. The number of benzene rings is 1. The molecule has 182 valence electrons. The monoisotopic (exact) mass is 474 g/mol. The van der Waals surface area contributed by atoms with Crippen LogP contribution in [0, 0.1) is 5.92 Å². The highest BCUT2D eigenvalue weighted by molar-refractivity contribution is 7.89. The Morgan fingerprint density at radius 3 is 2.61 bits per heavy atom. The van der Waals surface area contributed by atoms with Crippen molar-refractivity contribution in [2.24, 2.45) is 5.92 Å². The van der Waals surface area contributed by atoms with Crippen molar-refractivity contribution in [3.63, 3.8) is 0 Å². The first-order valence-corrected chi connectivity index (χ1v) is 13.9. The van der Waals surface area contributed by atoms with Crippen molar-refractivity contribution in [3.05, 3.63) is 30.5 Å². The molecule has 1 amide bonds. The molecule has 2 fully saturated rings. The largest absolute Gasteiger partial charge is 0.356 e. The number of aromatic nitrogens is 1. The molecule has 4 rings (SSSR count). The fourth-order valence-corrected chi connectivity index (χ4v) is 6.76. The van der Waals surface area contributed by atoms with Crippen molar-refractivity contribution >= 4 is 26.8 Å². The zero-order valence-corrected chi connectivity index (χ0v) is 20.8. The quantitative estimate of drug-likeness (QED) is 0.595. The maximum absolute atomic E-state index is 13.2. The van der Waals surface area contributed by atoms with Crippen LogP contribution in [0.15, 0.2) is 35.4 Å². The van der Waals surface area contributed by atoms with E-state index in [1.165, 1.54) is 30.1 Å². The summed E-state index contributed by atoms with van der Waals surface area (Å²) in [6.07, 6.45) is 7.96. The van der Waals surface area contributed by atoms with Gasteiger partial charge in [-0.05, 0) is 76.8 Å². The minimum atomic E-state index is -3.55. The molecule has 33 heavy (non-hydrogen) atoms. The van der Waals surface area contributed by atoms with Gasteiger partial charge in [-0.3, -0.25) is 4.79 Å². The zero-order chi connectivity index (χ0) is 23.4. The Hall–Kier alpha value is -1.90. The predicted octanol–water partition coefficient (Wildman–Crippen LogP) is 3.44. The highest BCUT2D eigenvalue weighted by atomic mass is 32.2. The smallest absolute Gasteiger partial charge is 0.243 e. The first-order chi connectivity index (χ1) is 15.9. The number of nitrogens with one attached hydrogen (secondary N) is 1. The molecule has 2 aliphatic heterocycles. The SMILES string of the molecule is CCn1ccc2cc(S(=O)(=O)N3CCC(C(=O)NCCCN4CCCC[C@H]4C)CC3)ccc21. The Labute approximate surface area is 198 Å². The second-order valence-electron chi connectivity index (χ2n) is 9.53. The standard InChI is InChI=1S/C25H38N4O3S/c1-3-27-16-10-22-19-23(8-9-24(22)27)33(31,32)29-17-11-21(12-18-29)25(30)26-13-6-15-28-14-5-4-7-20(28)2/h8-10,16,19-21H,3-7,11-15,17-18H2,1-2H3,(H,26,30)/t20-/m1/s1. The summed E-state index contributed by atoms with van der Waals surface area (Å²) in [6, 6.07) is 7.95. The maximum atomic E-state index is 13.2. The van der Waals surface area contributed by atoms with Crippen molar-refractivity contribution < 1.29 is 13.2 Å². The molecule has 8 heteroatoms. The van der Waals surface area contributed by atoms with Crippen LogP contribution >= 0.6 is 0 Å². The van der Waals surface area contributed by atoms with Crippen LogP contribution in [-0.2, 0) is 21.4 Å².